The monoisotopic (exact) mass is 336 g/mol. The van der Waals surface area contributed by atoms with E-state index in [1.807, 2.05) is 31.2 Å². The number of amides is 1. The van der Waals surface area contributed by atoms with Gasteiger partial charge in [-0.25, -0.2) is 4.39 Å². The lowest BCUT2D eigenvalue weighted by Gasteiger charge is -2.16. The lowest BCUT2D eigenvalue weighted by molar-refractivity contribution is 0.0940. The van der Waals surface area contributed by atoms with Crippen LogP contribution in [0, 0.1) is 5.82 Å². The molecular weight excluding hydrogens is 323 g/mol. The van der Waals surface area contributed by atoms with Crippen molar-refractivity contribution in [2.24, 2.45) is 0 Å². The van der Waals surface area contributed by atoms with Crippen LogP contribution in [-0.2, 0) is 0 Å². The van der Waals surface area contributed by atoms with Gasteiger partial charge in [-0.3, -0.25) is 4.79 Å². The van der Waals surface area contributed by atoms with Crippen molar-refractivity contribution in [1.29, 1.82) is 0 Å². The molecule has 0 saturated heterocycles. The first kappa shape index (κ1) is 14.5. The standard InChI is InChI=1S/C15H14BrFN2O/c1-9(10-5-2-3-7-12(10)16)19-15(20)11-6-4-8-13(17)14(11)18/h2-9H,18H2,1H3,(H,19,20). The highest BCUT2D eigenvalue weighted by atomic mass is 79.9. The fourth-order valence-corrected chi connectivity index (χ4v) is 2.54. The summed E-state index contributed by atoms with van der Waals surface area (Å²) >= 11 is 3.43. The van der Waals surface area contributed by atoms with Crippen LogP contribution in [0.2, 0.25) is 0 Å². The molecule has 0 aliphatic heterocycles. The normalized spacial score (nSPS) is 11.9. The SMILES string of the molecule is CC(NC(=O)c1cccc(F)c1N)c1ccccc1Br. The average Bonchev–Trinajstić information content (AvgIpc) is 2.42. The van der Waals surface area contributed by atoms with E-state index in [1.54, 1.807) is 0 Å². The molecule has 3 nitrogen and oxygen atoms in total. The Morgan fingerprint density at radius 3 is 2.65 bits per heavy atom. The van der Waals surface area contributed by atoms with Gasteiger partial charge in [0.25, 0.3) is 5.91 Å². The summed E-state index contributed by atoms with van der Waals surface area (Å²) in [6, 6.07) is 11.6. The first-order valence-corrected chi connectivity index (χ1v) is 6.89. The van der Waals surface area contributed by atoms with Crippen LogP contribution in [0.4, 0.5) is 10.1 Å². The molecule has 2 aromatic rings. The third-order valence-electron chi connectivity index (χ3n) is 3.02. The van der Waals surface area contributed by atoms with Crippen LogP contribution >= 0.6 is 15.9 Å². The molecule has 20 heavy (non-hydrogen) atoms. The zero-order valence-corrected chi connectivity index (χ0v) is 12.4. The van der Waals surface area contributed by atoms with Crippen molar-refractivity contribution in [3.05, 3.63) is 63.9 Å². The zero-order chi connectivity index (χ0) is 14.7. The van der Waals surface area contributed by atoms with Crippen LogP contribution in [0.15, 0.2) is 46.9 Å². The molecule has 0 radical (unpaired) electrons. The zero-order valence-electron chi connectivity index (χ0n) is 10.9. The molecule has 0 aliphatic carbocycles. The van der Waals surface area contributed by atoms with Gasteiger partial charge in [-0.15, -0.1) is 0 Å². The van der Waals surface area contributed by atoms with Gasteiger partial charge >= 0.3 is 0 Å². The summed E-state index contributed by atoms with van der Waals surface area (Å²) in [5, 5.41) is 2.81. The largest absolute Gasteiger partial charge is 0.396 e. The summed E-state index contributed by atoms with van der Waals surface area (Å²) in [6.07, 6.45) is 0. The smallest absolute Gasteiger partial charge is 0.253 e. The predicted octanol–water partition coefficient (Wildman–Crippen LogP) is 3.66. The maximum absolute atomic E-state index is 13.4. The summed E-state index contributed by atoms with van der Waals surface area (Å²) in [6.45, 7) is 1.85. The number of benzene rings is 2. The summed E-state index contributed by atoms with van der Waals surface area (Å²) in [7, 11) is 0. The minimum absolute atomic E-state index is 0.135. The first-order valence-electron chi connectivity index (χ1n) is 6.10. The molecule has 3 N–H and O–H groups in total. The van der Waals surface area contributed by atoms with Crippen LogP contribution in [0.1, 0.15) is 28.9 Å². The van der Waals surface area contributed by atoms with E-state index >= 15 is 0 Å². The highest BCUT2D eigenvalue weighted by Crippen LogP contribution is 2.23. The van der Waals surface area contributed by atoms with Gasteiger partial charge in [0.2, 0.25) is 0 Å². The Balaban J connectivity index is 2.20. The number of carbonyl (C=O) groups is 1. The summed E-state index contributed by atoms with van der Waals surface area (Å²) in [5.74, 6) is -0.989. The second kappa shape index (κ2) is 6.05. The van der Waals surface area contributed by atoms with Gasteiger partial charge in [0.15, 0.2) is 0 Å². The Kier molecular flexibility index (Phi) is 4.39. The van der Waals surface area contributed by atoms with Crippen LogP contribution < -0.4 is 11.1 Å². The lowest BCUT2D eigenvalue weighted by Crippen LogP contribution is -2.27. The van der Waals surface area contributed by atoms with Crippen molar-refractivity contribution < 1.29 is 9.18 Å². The van der Waals surface area contributed by atoms with Crippen molar-refractivity contribution >= 4 is 27.5 Å². The van der Waals surface area contributed by atoms with E-state index in [9.17, 15) is 9.18 Å². The van der Waals surface area contributed by atoms with Crippen LogP contribution in [0.5, 0.6) is 0 Å². The molecule has 104 valence electrons. The van der Waals surface area contributed by atoms with Crippen molar-refractivity contribution in [1.82, 2.24) is 5.32 Å². The third kappa shape index (κ3) is 2.99. The third-order valence-corrected chi connectivity index (χ3v) is 3.74. The minimum atomic E-state index is -0.591. The maximum Gasteiger partial charge on any atom is 0.253 e. The van der Waals surface area contributed by atoms with E-state index in [2.05, 4.69) is 21.2 Å². The van der Waals surface area contributed by atoms with E-state index < -0.39 is 11.7 Å². The molecule has 0 spiro atoms. The quantitative estimate of drug-likeness (QED) is 0.840. The second-order valence-electron chi connectivity index (χ2n) is 4.42. The van der Waals surface area contributed by atoms with E-state index in [1.165, 1.54) is 18.2 Å². The first-order chi connectivity index (χ1) is 9.50. The maximum atomic E-state index is 13.4. The summed E-state index contributed by atoms with van der Waals surface area (Å²) in [5.41, 5.74) is 6.53. The van der Waals surface area contributed by atoms with Gasteiger partial charge in [0.1, 0.15) is 5.82 Å². The molecule has 2 rings (SSSR count). The number of nitrogen functional groups attached to an aromatic ring is 1. The number of hydrogen-bond acceptors (Lipinski definition) is 2. The molecule has 1 unspecified atom stereocenters. The molecular formula is C15H14BrFN2O. The van der Waals surface area contributed by atoms with Crippen LogP contribution in [0.25, 0.3) is 0 Å². The number of nitrogens with two attached hydrogens (primary N) is 1. The fraction of sp³-hybridized carbons (Fsp3) is 0.133. The molecule has 0 heterocycles. The van der Waals surface area contributed by atoms with E-state index in [4.69, 9.17) is 5.73 Å². The Hall–Kier alpha value is -1.88. The number of carbonyl (C=O) groups excluding carboxylic acids is 1. The minimum Gasteiger partial charge on any atom is -0.396 e. The molecule has 5 heteroatoms. The van der Waals surface area contributed by atoms with E-state index in [0.29, 0.717) is 0 Å². The highest BCUT2D eigenvalue weighted by molar-refractivity contribution is 9.10. The van der Waals surface area contributed by atoms with Crippen molar-refractivity contribution in [3.63, 3.8) is 0 Å². The molecule has 0 aliphatic rings. The van der Waals surface area contributed by atoms with Gasteiger partial charge in [0.05, 0.1) is 17.3 Å². The van der Waals surface area contributed by atoms with Gasteiger partial charge in [-0.2, -0.15) is 0 Å². The number of halogens is 2. The molecule has 0 bridgehead atoms. The molecule has 0 saturated carbocycles. The Morgan fingerprint density at radius 1 is 1.25 bits per heavy atom. The number of nitrogens with one attached hydrogen (secondary N) is 1. The highest BCUT2D eigenvalue weighted by Gasteiger charge is 2.16. The molecule has 2 aromatic carbocycles. The predicted molar refractivity (Wildman–Crippen MR) is 80.8 cm³/mol. The Morgan fingerprint density at radius 2 is 1.95 bits per heavy atom. The topological polar surface area (TPSA) is 55.1 Å². The number of hydrogen-bond donors (Lipinski definition) is 2. The van der Waals surface area contributed by atoms with Crippen LogP contribution in [0.3, 0.4) is 0 Å². The number of para-hydroxylation sites is 1. The number of anilines is 1. The Bertz CT molecular complexity index is 646. The van der Waals surface area contributed by atoms with Crippen molar-refractivity contribution in [2.45, 2.75) is 13.0 Å². The Labute approximate surface area is 125 Å². The van der Waals surface area contributed by atoms with E-state index in [0.717, 1.165) is 10.0 Å². The number of rotatable bonds is 3. The lowest BCUT2D eigenvalue weighted by atomic mass is 10.1. The van der Waals surface area contributed by atoms with Gasteiger partial charge in [-0.1, -0.05) is 40.2 Å². The molecule has 1 amide bonds. The van der Waals surface area contributed by atoms with E-state index in [-0.39, 0.29) is 17.3 Å². The van der Waals surface area contributed by atoms with Gasteiger partial charge < -0.3 is 11.1 Å². The van der Waals surface area contributed by atoms with Crippen molar-refractivity contribution in [3.8, 4) is 0 Å². The van der Waals surface area contributed by atoms with Crippen molar-refractivity contribution in [2.75, 3.05) is 5.73 Å². The summed E-state index contributed by atoms with van der Waals surface area (Å²) in [4.78, 5) is 12.1. The van der Waals surface area contributed by atoms with Gasteiger partial charge in [-0.05, 0) is 30.7 Å². The van der Waals surface area contributed by atoms with Crippen LogP contribution in [-0.4, -0.2) is 5.91 Å². The van der Waals surface area contributed by atoms with Gasteiger partial charge in [0, 0.05) is 4.47 Å². The molecule has 0 aromatic heterocycles. The molecule has 1 atom stereocenters. The fourth-order valence-electron chi connectivity index (χ4n) is 1.91. The summed E-state index contributed by atoms with van der Waals surface area (Å²) < 4.78 is 14.3. The second-order valence-corrected chi connectivity index (χ2v) is 5.27. The average molecular weight is 337 g/mol. The molecule has 0 fully saturated rings.